The first-order chi connectivity index (χ1) is 8.83. The average molecular weight is 288 g/mol. The number of carboxylic acid groups (broad SMARTS) is 1. The van der Waals surface area contributed by atoms with Crippen LogP contribution in [0.4, 0.5) is 4.79 Å². The van der Waals surface area contributed by atoms with E-state index in [9.17, 15) is 23.1 Å². The summed E-state index contributed by atoms with van der Waals surface area (Å²) in [6, 6.07) is -1.24. The highest BCUT2D eigenvalue weighted by Crippen LogP contribution is 2.29. The van der Waals surface area contributed by atoms with Crippen LogP contribution in [-0.4, -0.2) is 42.9 Å². The van der Waals surface area contributed by atoms with Crippen molar-refractivity contribution >= 4 is 21.8 Å². The molecule has 1 aliphatic carbocycles. The second-order valence-corrected chi connectivity index (χ2v) is 6.89. The minimum absolute atomic E-state index is 0.180. The molecule has 8 heteroatoms. The highest BCUT2D eigenvalue weighted by molar-refractivity contribution is 7.94. The lowest BCUT2D eigenvalue weighted by Crippen LogP contribution is -2.57. The Balaban J connectivity index is 1.94. The molecule has 1 aliphatic heterocycles. The molecule has 1 heterocycles. The molecule has 0 radical (unpaired) electrons. The van der Waals surface area contributed by atoms with Crippen molar-refractivity contribution in [3.05, 3.63) is 11.5 Å². The Bertz CT molecular complexity index is 519. The van der Waals surface area contributed by atoms with Gasteiger partial charge < -0.3 is 15.7 Å². The van der Waals surface area contributed by atoms with Gasteiger partial charge in [-0.15, -0.1) is 0 Å². The van der Waals surface area contributed by atoms with Gasteiger partial charge in [-0.05, 0) is 18.9 Å². The van der Waals surface area contributed by atoms with Gasteiger partial charge in [0, 0.05) is 5.41 Å². The Hall–Kier alpha value is -1.57. The number of hydrogen-bond acceptors (Lipinski definition) is 4. The molecule has 0 aromatic rings. The van der Waals surface area contributed by atoms with Gasteiger partial charge in [0.1, 0.15) is 5.54 Å². The summed E-state index contributed by atoms with van der Waals surface area (Å²) in [4.78, 5) is 23.0. The summed E-state index contributed by atoms with van der Waals surface area (Å²) < 4.78 is 22.4. The van der Waals surface area contributed by atoms with E-state index in [1.54, 1.807) is 0 Å². The number of sulfone groups is 1. The third-order valence-corrected chi connectivity index (χ3v) is 4.86. The van der Waals surface area contributed by atoms with Crippen LogP contribution in [0.25, 0.3) is 0 Å². The maximum Gasteiger partial charge on any atom is 0.329 e. The molecule has 0 aromatic heterocycles. The number of aliphatic carboxylic acids is 1. The second-order valence-electron chi connectivity index (χ2n) is 4.96. The number of amides is 2. The highest BCUT2D eigenvalue weighted by atomic mass is 32.2. The zero-order chi connectivity index (χ0) is 14.1. The Morgan fingerprint density at radius 1 is 1.26 bits per heavy atom. The molecule has 0 bridgehead atoms. The Kier molecular flexibility index (Phi) is 3.53. The topological polar surface area (TPSA) is 113 Å². The van der Waals surface area contributed by atoms with E-state index in [-0.39, 0.29) is 5.75 Å². The molecule has 7 nitrogen and oxygen atoms in total. The van der Waals surface area contributed by atoms with Crippen LogP contribution in [0.15, 0.2) is 11.5 Å². The standard InChI is InChI=1S/C11H16N2O5S/c14-9(15)11(4-1-2-5-11)13-10(16)12-8-3-6-19(17,18)7-8/h3,6,8H,1-2,4-5,7H2,(H,14,15)(H2,12,13,16). The SMILES string of the molecule is O=C(NC1C=CS(=O)(=O)C1)NC1(C(=O)O)CCCC1. The van der Waals surface area contributed by atoms with Crippen molar-refractivity contribution in [2.45, 2.75) is 37.3 Å². The van der Waals surface area contributed by atoms with Gasteiger partial charge in [0.2, 0.25) is 0 Å². The van der Waals surface area contributed by atoms with E-state index in [1.165, 1.54) is 6.08 Å². The van der Waals surface area contributed by atoms with Gasteiger partial charge in [-0.2, -0.15) is 0 Å². The van der Waals surface area contributed by atoms with Crippen LogP contribution in [0.5, 0.6) is 0 Å². The van der Waals surface area contributed by atoms with E-state index in [2.05, 4.69) is 10.6 Å². The van der Waals surface area contributed by atoms with Crippen molar-refractivity contribution in [2.24, 2.45) is 0 Å². The van der Waals surface area contributed by atoms with Crippen LogP contribution < -0.4 is 10.6 Å². The van der Waals surface area contributed by atoms with Gasteiger partial charge in [0.15, 0.2) is 9.84 Å². The van der Waals surface area contributed by atoms with E-state index >= 15 is 0 Å². The normalized spacial score (nSPS) is 27.1. The minimum Gasteiger partial charge on any atom is -0.480 e. The number of carboxylic acids is 1. The van der Waals surface area contributed by atoms with Crippen LogP contribution in [0, 0.1) is 0 Å². The van der Waals surface area contributed by atoms with Crippen LogP contribution in [0.3, 0.4) is 0 Å². The molecule has 0 aromatic carbocycles. The zero-order valence-corrected chi connectivity index (χ0v) is 11.1. The van der Waals surface area contributed by atoms with E-state index in [1.807, 2.05) is 0 Å². The fourth-order valence-corrected chi connectivity index (χ4v) is 3.69. The molecule has 0 saturated heterocycles. The maximum atomic E-state index is 11.8. The summed E-state index contributed by atoms with van der Waals surface area (Å²) in [5.74, 6) is -1.23. The summed E-state index contributed by atoms with van der Waals surface area (Å²) in [7, 11) is -3.24. The summed E-state index contributed by atoms with van der Waals surface area (Å²) in [6.45, 7) is 0. The van der Waals surface area contributed by atoms with Gasteiger partial charge in [0.25, 0.3) is 0 Å². The summed E-state index contributed by atoms with van der Waals surface area (Å²) >= 11 is 0. The largest absolute Gasteiger partial charge is 0.480 e. The van der Waals surface area contributed by atoms with Crippen molar-refractivity contribution in [3.63, 3.8) is 0 Å². The van der Waals surface area contributed by atoms with Crippen molar-refractivity contribution in [3.8, 4) is 0 Å². The maximum absolute atomic E-state index is 11.8. The Morgan fingerprint density at radius 2 is 1.89 bits per heavy atom. The average Bonchev–Trinajstić information content (AvgIpc) is 2.86. The summed E-state index contributed by atoms with van der Waals surface area (Å²) in [5, 5.41) is 15.2. The number of rotatable bonds is 3. The van der Waals surface area contributed by atoms with Gasteiger partial charge >= 0.3 is 12.0 Å². The zero-order valence-electron chi connectivity index (χ0n) is 10.3. The number of carbonyl (C=O) groups excluding carboxylic acids is 1. The van der Waals surface area contributed by atoms with E-state index in [0.29, 0.717) is 12.8 Å². The molecule has 1 unspecified atom stereocenters. The minimum atomic E-state index is -3.24. The van der Waals surface area contributed by atoms with Crippen LogP contribution in [0.1, 0.15) is 25.7 Å². The first-order valence-electron chi connectivity index (χ1n) is 6.06. The molecule has 2 aliphatic rings. The monoisotopic (exact) mass is 288 g/mol. The van der Waals surface area contributed by atoms with Gasteiger partial charge in [-0.1, -0.05) is 12.8 Å². The molecular formula is C11H16N2O5S. The van der Waals surface area contributed by atoms with Crippen LogP contribution in [-0.2, 0) is 14.6 Å². The lowest BCUT2D eigenvalue weighted by molar-refractivity contribution is -0.144. The lowest BCUT2D eigenvalue weighted by atomic mass is 9.98. The van der Waals surface area contributed by atoms with E-state index < -0.39 is 33.4 Å². The van der Waals surface area contributed by atoms with Crippen molar-refractivity contribution in [1.82, 2.24) is 10.6 Å². The quantitative estimate of drug-likeness (QED) is 0.676. The van der Waals surface area contributed by atoms with Gasteiger partial charge in [-0.3, -0.25) is 0 Å². The van der Waals surface area contributed by atoms with E-state index in [0.717, 1.165) is 18.2 Å². The van der Waals surface area contributed by atoms with Gasteiger partial charge in [-0.25, -0.2) is 18.0 Å². The third-order valence-electron chi connectivity index (χ3n) is 3.47. The van der Waals surface area contributed by atoms with Crippen LogP contribution >= 0.6 is 0 Å². The molecule has 0 spiro atoms. The lowest BCUT2D eigenvalue weighted by Gasteiger charge is -2.26. The second kappa shape index (κ2) is 4.84. The van der Waals surface area contributed by atoms with Crippen molar-refractivity contribution < 1.29 is 23.1 Å². The Morgan fingerprint density at radius 3 is 2.37 bits per heavy atom. The molecule has 19 heavy (non-hydrogen) atoms. The number of nitrogens with one attached hydrogen (secondary N) is 2. The number of hydrogen-bond donors (Lipinski definition) is 3. The molecule has 1 fully saturated rings. The third kappa shape index (κ3) is 3.06. The summed E-state index contributed by atoms with van der Waals surface area (Å²) in [6.07, 6.45) is 3.69. The molecule has 2 amide bonds. The molecule has 3 N–H and O–H groups in total. The molecule has 1 atom stereocenters. The van der Waals surface area contributed by atoms with Crippen molar-refractivity contribution in [1.29, 1.82) is 0 Å². The molecular weight excluding hydrogens is 272 g/mol. The predicted molar refractivity (Wildman–Crippen MR) is 67.2 cm³/mol. The van der Waals surface area contributed by atoms with E-state index in [4.69, 9.17) is 0 Å². The molecule has 1 saturated carbocycles. The highest BCUT2D eigenvalue weighted by Gasteiger charge is 2.43. The smallest absolute Gasteiger partial charge is 0.329 e. The fraction of sp³-hybridized carbons (Fsp3) is 0.636. The summed E-state index contributed by atoms with van der Waals surface area (Å²) in [5.41, 5.74) is -1.22. The number of carbonyl (C=O) groups is 2. The molecule has 2 rings (SSSR count). The Labute approximate surface area is 111 Å². The van der Waals surface area contributed by atoms with Gasteiger partial charge in [0.05, 0.1) is 11.8 Å². The number of urea groups is 1. The first kappa shape index (κ1) is 13.9. The first-order valence-corrected chi connectivity index (χ1v) is 7.78. The fourth-order valence-electron chi connectivity index (χ4n) is 2.46. The van der Waals surface area contributed by atoms with Crippen molar-refractivity contribution in [2.75, 3.05) is 5.75 Å². The molecule has 106 valence electrons. The predicted octanol–water partition coefficient (Wildman–Crippen LogP) is -0.00630. The van der Waals surface area contributed by atoms with Crippen LogP contribution in [0.2, 0.25) is 0 Å².